The van der Waals surface area contributed by atoms with E-state index in [2.05, 4.69) is 10.4 Å². The van der Waals surface area contributed by atoms with Gasteiger partial charge in [0.1, 0.15) is 0 Å². The number of carbonyl (C=O) groups excluding carboxylic acids is 2. The van der Waals surface area contributed by atoms with Crippen molar-refractivity contribution in [2.45, 2.75) is 20.4 Å². The van der Waals surface area contributed by atoms with Gasteiger partial charge >= 0.3 is 0 Å². The smallest absolute Gasteiger partial charge is 0.276 e. The zero-order valence-electron chi connectivity index (χ0n) is 15.1. The van der Waals surface area contributed by atoms with Gasteiger partial charge in [0.2, 0.25) is 5.91 Å². The van der Waals surface area contributed by atoms with Crippen molar-refractivity contribution in [3.63, 3.8) is 0 Å². The van der Waals surface area contributed by atoms with Crippen molar-refractivity contribution in [3.05, 3.63) is 70.1 Å². The summed E-state index contributed by atoms with van der Waals surface area (Å²) in [6, 6.07) is 13.2. The van der Waals surface area contributed by atoms with E-state index < -0.39 is 11.8 Å². The number of rotatable bonds is 5. The molecule has 0 bridgehead atoms. The van der Waals surface area contributed by atoms with E-state index in [-0.39, 0.29) is 22.7 Å². The van der Waals surface area contributed by atoms with Gasteiger partial charge < -0.3 is 11.1 Å². The topological polar surface area (TPSA) is 107 Å². The molecule has 1 heterocycles. The lowest BCUT2D eigenvalue weighted by Crippen LogP contribution is -2.29. The van der Waals surface area contributed by atoms with Crippen LogP contribution in [0, 0.1) is 5.92 Å². The quantitative estimate of drug-likeness (QED) is 0.725. The first-order chi connectivity index (χ1) is 12.9. The molecule has 0 aliphatic rings. The Hall–Kier alpha value is -3.48. The number of hydrogen-bond acceptors (Lipinski definition) is 4. The Kier molecular flexibility index (Phi) is 5.03. The van der Waals surface area contributed by atoms with E-state index in [1.54, 1.807) is 42.5 Å². The van der Waals surface area contributed by atoms with Crippen molar-refractivity contribution in [1.82, 2.24) is 9.78 Å². The van der Waals surface area contributed by atoms with Crippen LogP contribution in [0.25, 0.3) is 10.8 Å². The number of benzene rings is 2. The molecule has 138 valence electrons. The summed E-state index contributed by atoms with van der Waals surface area (Å²) >= 11 is 0. The number of primary amides is 1. The minimum atomic E-state index is -0.583. The van der Waals surface area contributed by atoms with E-state index in [1.165, 1.54) is 10.7 Å². The van der Waals surface area contributed by atoms with Gasteiger partial charge in [-0.2, -0.15) is 5.10 Å². The molecule has 1 aromatic heterocycles. The summed E-state index contributed by atoms with van der Waals surface area (Å²) < 4.78 is 1.32. The van der Waals surface area contributed by atoms with Crippen molar-refractivity contribution in [2.24, 2.45) is 11.7 Å². The highest BCUT2D eigenvalue weighted by Crippen LogP contribution is 2.17. The predicted octanol–water partition coefficient (Wildman–Crippen LogP) is 2.40. The average Bonchev–Trinajstić information content (AvgIpc) is 2.64. The highest BCUT2D eigenvalue weighted by Gasteiger charge is 2.17. The molecule has 7 heteroatoms. The second kappa shape index (κ2) is 7.41. The van der Waals surface area contributed by atoms with E-state index in [1.807, 2.05) is 13.8 Å². The number of anilines is 1. The molecule has 3 rings (SSSR count). The summed E-state index contributed by atoms with van der Waals surface area (Å²) in [5.41, 5.74) is 5.91. The molecule has 0 fully saturated rings. The number of carbonyl (C=O) groups is 2. The molecule has 2 aromatic carbocycles. The summed E-state index contributed by atoms with van der Waals surface area (Å²) in [6.45, 7) is 4.35. The van der Waals surface area contributed by atoms with Gasteiger partial charge in [0.05, 0.1) is 5.39 Å². The maximum Gasteiger partial charge on any atom is 0.276 e. The SMILES string of the molecule is CC(C)Cn1nc(C(=O)Nc2cccc(C(N)=O)c2)c2ccccc2c1=O. The molecule has 0 spiro atoms. The number of nitrogens with two attached hydrogens (primary N) is 1. The summed E-state index contributed by atoms with van der Waals surface area (Å²) in [5, 5.41) is 7.93. The van der Waals surface area contributed by atoms with E-state index in [0.717, 1.165) is 0 Å². The fraction of sp³-hybridized carbons (Fsp3) is 0.200. The fourth-order valence-electron chi connectivity index (χ4n) is 2.81. The molecule has 0 aliphatic carbocycles. The molecule has 27 heavy (non-hydrogen) atoms. The summed E-state index contributed by atoms with van der Waals surface area (Å²) in [4.78, 5) is 36.8. The first-order valence-corrected chi connectivity index (χ1v) is 8.58. The first kappa shape index (κ1) is 18.3. The number of nitrogens with zero attached hydrogens (tertiary/aromatic N) is 2. The van der Waals surface area contributed by atoms with Crippen LogP contribution < -0.4 is 16.6 Å². The number of hydrogen-bond donors (Lipinski definition) is 2. The van der Waals surface area contributed by atoms with Crippen LogP contribution in [0.4, 0.5) is 5.69 Å². The molecule has 0 unspecified atom stereocenters. The van der Waals surface area contributed by atoms with Crippen LogP contribution in [0.1, 0.15) is 34.7 Å². The zero-order chi connectivity index (χ0) is 19.6. The molecule has 0 saturated heterocycles. The Labute approximate surface area is 155 Å². The van der Waals surface area contributed by atoms with Crippen molar-refractivity contribution >= 4 is 28.3 Å². The molecular weight excluding hydrogens is 344 g/mol. The Balaban J connectivity index is 2.06. The molecule has 0 atom stereocenters. The second-order valence-electron chi connectivity index (χ2n) is 6.67. The van der Waals surface area contributed by atoms with E-state index in [0.29, 0.717) is 23.0 Å². The molecule has 3 aromatic rings. The molecule has 3 N–H and O–H groups in total. The van der Waals surface area contributed by atoms with E-state index >= 15 is 0 Å². The monoisotopic (exact) mass is 364 g/mol. The highest BCUT2D eigenvalue weighted by atomic mass is 16.2. The van der Waals surface area contributed by atoms with Gasteiger partial charge in [-0.1, -0.05) is 38.1 Å². The molecule has 0 radical (unpaired) electrons. The van der Waals surface area contributed by atoms with Crippen LogP contribution in [-0.2, 0) is 6.54 Å². The molecular formula is C20H20N4O3. The maximum absolute atomic E-state index is 12.9. The highest BCUT2D eigenvalue weighted by molar-refractivity contribution is 6.11. The van der Waals surface area contributed by atoms with Crippen LogP contribution in [-0.4, -0.2) is 21.6 Å². The Bertz CT molecular complexity index is 1090. The van der Waals surface area contributed by atoms with Crippen LogP contribution in [0.2, 0.25) is 0 Å². The lowest BCUT2D eigenvalue weighted by molar-refractivity contribution is 0.0995. The van der Waals surface area contributed by atoms with Gasteiger partial charge in [-0.25, -0.2) is 4.68 Å². The van der Waals surface area contributed by atoms with Crippen LogP contribution >= 0.6 is 0 Å². The molecule has 2 amide bonds. The van der Waals surface area contributed by atoms with Gasteiger partial charge in [-0.15, -0.1) is 0 Å². The Morgan fingerprint density at radius 3 is 2.48 bits per heavy atom. The Morgan fingerprint density at radius 2 is 1.81 bits per heavy atom. The third-order valence-corrected chi connectivity index (χ3v) is 4.03. The summed E-state index contributed by atoms with van der Waals surface area (Å²) in [7, 11) is 0. The molecule has 0 aliphatic heterocycles. The fourth-order valence-corrected chi connectivity index (χ4v) is 2.81. The van der Waals surface area contributed by atoms with Crippen LogP contribution in [0.15, 0.2) is 53.3 Å². The van der Waals surface area contributed by atoms with Crippen LogP contribution in [0.3, 0.4) is 0 Å². The third-order valence-electron chi connectivity index (χ3n) is 4.03. The first-order valence-electron chi connectivity index (χ1n) is 8.58. The summed E-state index contributed by atoms with van der Waals surface area (Å²) in [6.07, 6.45) is 0. The predicted molar refractivity (Wildman–Crippen MR) is 104 cm³/mol. The van der Waals surface area contributed by atoms with Crippen molar-refractivity contribution in [1.29, 1.82) is 0 Å². The zero-order valence-corrected chi connectivity index (χ0v) is 15.1. The average molecular weight is 364 g/mol. The van der Waals surface area contributed by atoms with Gasteiger partial charge in [-0.05, 0) is 30.2 Å². The van der Waals surface area contributed by atoms with Gasteiger partial charge in [0.15, 0.2) is 5.69 Å². The second-order valence-corrected chi connectivity index (χ2v) is 6.67. The molecule has 0 saturated carbocycles. The lowest BCUT2D eigenvalue weighted by Gasteiger charge is -2.13. The number of fused-ring (bicyclic) bond motifs is 1. The van der Waals surface area contributed by atoms with Gasteiger partial charge in [0, 0.05) is 23.2 Å². The minimum absolute atomic E-state index is 0.148. The maximum atomic E-state index is 12.9. The largest absolute Gasteiger partial charge is 0.366 e. The van der Waals surface area contributed by atoms with E-state index in [4.69, 9.17) is 5.73 Å². The molecule has 7 nitrogen and oxygen atoms in total. The number of amides is 2. The van der Waals surface area contributed by atoms with Crippen molar-refractivity contribution in [2.75, 3.05) is 5.32 Å². The van der Waals surface area contributed by atoms with E-state index in [9.17, 15) is 14.4 Å². The van der Waals surface area contributed by atoms with Gasteiger partial charge in [0.25, 0.3) is 11.5 Å². The van der Waals surface area contributed by atoms with Gasteiger partial charge in [-0.3, -0.25) is 14.4 Å². The summed E-state index contributed by atoms with van der Waals surface area (Å²) in [5.74, 6) is -0.856. The number of aromatic nitrogens is 2. The standard InChI is InChI=1S/C20H20N4O3/c1-12(2)11-24-20(27)16-9-4-3-8-15(16)17(23-24)19(26)22-14-7-5-6-13(10-14)18(21)25/h3-10,12H,11H2,1-2H3,(H2,21,25)(H,22,26). The Morgan fingerprint density at radius 1 is 1.11 bits per heavy atom. The number of nitrogens with one attached hydrogen (secondary N) is 1. The normalized spacial score (nSPS) is 10.9. The van der Waals surface area contributed by atoms with Crippen molar-refractivity contribution in [3.8, 4) is 0 Å². The van der Waals surface area contributed by atoms with Crippen LogP contribution in [0.5, 0.6) is 0 Å². The van der Waals surface area contributed by atoms with Crippen molar-refractivity contribution < 1.29 is 9.59 Å². The lowest BCUT2D eigenvalue weighted by atomic mass is 10.1. The third kappa shape index (κ3) is 3.87. The minimum Gasteiger partial charge on any atom is -0.366 e.